The summed E-state index contributed by atoms with van der Waals surface area (Å²) in [7, 11) is 0. The van der Waals surface area contributed by atoms with E-state index in [9.17, 15) is 4.79 Å². The van der Waals surface area contributed by atoms with Crippen molar-refractivity contribution in [3.05, 3.63) is 0 Å². The fraction of sp³-hybridized carbons (Fsp3) is 0.938. The van der Waals surface area contributed by atoms with Crippen molar-refractivity contribution in [2.75, 3.05) is 13.2 Å². The largest absolute Gasteiger partial charge is 0.396 e. The van der Waals surface area contributed by atoms with Crippen LogP contribution >= 0.6 is 0 Å². The minimum atomic E-state index is -0.0586. The van der Waals surface area contributed by atoms with Crippen LogP contribution in [0.25, 0.3) is 0 Å². The summed E-state index contributed by atoms with van der Waals surface area (Å²) < 4.78 is 0. The van der Waals surface area contributed by atoms with Crippen molar-refractivity contribution in [2.45, 2.75) is 65.8 Å². The number of aliphatic hydroxyl groups is 1. The highest BCUT2D eigenvalue weighted by atomic mass is 16.3. The number of hydrogen-bond acceptors (Lipinski definition) is 2. The lowest BCUT2D eigenvalue weighted by Gasteiger charge is -2.28. The van der Waals surface area contributed by atoms with Crippen molar-refractivity contribution in [1.29, 1.82) is 0 Å². The zero-order chi connectivity index (χ0) is 15.2. The van der Waals surface area contributed by atoms with Crippen LogP contribution in [-0.4, -0.2) is 30.3 Å². The fourth-order valence-electron chi connectivity index (χ4n) is 3.19. The zero-order valence-electron chi connectivity index (χ0n) is 13.5. The maximum absolute atomic E-state index is 12.0. The summed E-state index contributed by atoms with van der Waals surface area (Å²) in [6.07, 6.45) is 5.24. The van der Waals surface area contributed by atoms with Gasteiger partial charge < -0.3 is 15.7 Å². The first kappa shape index (κ1) is 17.3. The Morgan fingerprint density at radius 2 is 2.10 bits per heavy atom. The van der Waals surface area contributed by atoms with Crippen molar-refractivity contribution in [1.82, 2.24) is 10.6 Å². The molecule has 0 aromatic rings. The van der Waals surface area contributed by atoms with Crippen LogP contribution in [0.1, 0.15) is 59.8 Å². The zero-order valence-corrected chi connectivity index (χ0v) is 13.5. The molecule has 0 heterocycles. The van der Waals surface area contributed by atoms with E-state index in [4.69, 9.17) is 5.11 Å². The molecule has 1 saturated carbocycles. The molecule has 0 aromatic heterocycles. The molecule has 0 bridgehead atoms. The Labute approximate surface area is 123 Å². The maximum Gasteiger partial charge on any atom is 0.315 e. The molecule has 1 rings (SSSR count). The molecular formula is C16H32N2O2. The van der Waals surface area contributed by atoms with Crippen LogP contribution in [0.15, 0.2) is 0 Å². The van der Waals surface area contributed by atoms with Crippen molar-refractivity contribution in [3.63, 3.8) is 0 Å². The second-order valence-corrected chi connectivity index (χ2v) is 7.30. The predicted molar refractivity (Wildman–Crippen MR) is 82.6 cm³/mol. The highest BCUT2D eigenvalue weighted by Gasteiger charge is 2.35. The smallest absolute Gasteiger partial charge is 0.315 e. The van der Waals surface area contributed by atoms with E-state index in [0.717, 1.165) is 19.3 Å². The van der Waals surface area contributed by atoms with Gasteiger partial charge in [-0.15, -0.1) is 0 Å². The molecule has 4 heteroatoms. The Kier molecular flexibility index (Phi) is 6.80. The van der Waals surface area contributed by atoms with E-state index in [-0.39, 0.29) is 24.1 Å². The number of aliphatic hydroxyl groups excluding tert-OH is 1. The van der Waals surface area contributed by atoms with Gasteiger partial charge in [0.15, 0.2) is 0 Å². The summed E-state index contributed by atoms with van der Waals surface area (Å²) in [4.78, 5) is 12.0. The Balaban J connectivity index is 2.34. The first-order valence-corrected chi connectivity index (χ1v) is 8.00. The molecular weight excluding hydrogens is 252 g/mol. The van der Waals surface area contributed by atoms with Gasteiger partial charge in [-0.2, -0.15) is 0 Å². The maximum atomic E-state index is 12.0. The van der Waals surface area contributed by atoms with Crippen LogP contribution in [-0.2, 0) is 0 Å². The predicted octanol–water partition coefficient (Wildman–Crippen LogP) is 2.91. The standard InChI is InChI=1S/C16H32N2O2/c1-12(2)10-13(7-9-19)11-17-15(20)18-14-6-5-8-16(14,3)4/h12-14,19H,5-11H2,1-4H3,(H2,17,18,20). The van der Waals surface area contributed by atoms with Gasteiger partial charge in [-0.25, -0.2) is 4.79 Å². The normalized spacial score (nSPS) is 22.8. The third-order valence-electron chi connectivity index (χ3n) is 4.46. The van der Waals surface area contributed by atoms with Gasteiger partial charge in [-0.05, 0) is 42.9 Å². The van der Waals surface area contributed by atoms with Crippen molar-refractivity contribution in [2.24, 2.45) is 17.3 Å². The minimum absolute atomic E-state index is 0.0586. The highest BCUT2D eigenvalue weighted by molar-refractivity contribution is 5.74. The average molecular weight is 284 g/mol. The van der Waals surface area contributed by atoms with E-state index >= 15 is 0 Å². The van der Waals surface area contributed by atoms with Crippen molar-refractivity contribution < 1.29 is 9.90 Å². The van der Waals surface area contributed by atoms with Gasteiger partial charge in [0.2, 0.25) is 0 Å². The summed E-state index contributed by atoms with van der Waals surface area (Å²) in [5.41, 5.74) is 0.208. The van der Waals surface area contributed by atoms with E-state index in [2.05, 4.69) is 38.3 Å². The summed E-state index contributed by atoms with van der Waals surface area (Å²) >= 11 is 0. The molecule has 2 unspecified atom stereocenters. The van der Waals surface area contributed by atoms with Crippen LogP contribution in [0.5, 0.6) is 0 Å². The van der Waals surface area contributed by atoms with Gasteiger partial charge in [0.1, 0.15) is 0 Å². The molecule has 2 atom stereocenters. The van der Waals surface area contributed by atoms with Gasteiger partial charge >= 0.3 is 6.03 Å². The van der Waals surface area contributed by atoms with Gasteiger partial charge in [0.05, 0.1) is 0 Å². The number of urea groups is 1. The molecule has 1 aliphatic rings. The number of hydrogen-bond donors (Lipinski definition) is 3. The van der Waals surface area contributed by atoms with Crippen molar-refractivity contribution >= 4 is 6.03 Å². The first-order chi connectivity index (χ1) is 9.35. The minimum Gasteiger partial charge on any atom is -0.396 e. The summed E-state index contributed by atoms with van der Waals surface area (Å²) in [6, 6.07) is 0.223. The third kappa shape index (κ3) is 5.70. The van der Waals surface area contributed by atoms with Crippen molar-refractivity contribution in [3.8, 4) is 0 Å². The molecule has 1 fully saturated rings. The summed E-state index contributed by atoms with van der Waals surface area (Å²) in [5.74, 6) is 0.951. The lowest BCUT2D eigenvalue weighted by molar-refractivity contribution is 0.213. The lowest BCUT2D eigenvalue weighted by atomic mass is 9.87. The summed E-state index contributed by atoms with van der Waals surface area (Å²) in [5, 5.41) is 15.2. The lowest BCUT2D eigenvalue weighted by Crippen LogP contribution is -2.47. The van der Waals surface area contributed by atoms with E-state index in [1.807, 2.05) is 0 Å². The second kappa shape index (κ2) is 7.87. The number of carbonyl (C=O) groups excluding carboxylic acids is 1. The van der Waals surface area contributed by atoms with Crippen LogP contribution in [0.2, 0.25) is 0 Å². The van der Waals surface area contributed by atoms with Crippen LogP contribution < -0.4 is 10.6 Å². The quantitative estimate of drug-likeness (QED) is 0.673. The first-order valence-electron chi connectivity index (χ1n) is 8.00. The van der Waals surface area contributed by atoms with Crippen LogP contribution in [0, 0.1) is 17.3 Å². The molecule has 0 spiro atoms. The Bertz CT molecular complexity index is 303. The molecule has 0 aliphatic heterocycles. The highest BCUT2D eigenvalue weighted by Crippen LogP contribution is 2.37. The van der Waals surface area contributed by atoms with Gasteiger partial charge in [0.25, 0.3) is 0 Å². The molecule has 0 radical (unpaired) electrons. The van der Waals surface area contributed by atoms with E-state index in [1.165, 1.54) is 12.8 Å². The number of nitrogens with one attached hydrogen (secondary N) is 2. The number of rotatable bonds is 7. The van der Waals surface area contributed by atoms with Gasteiger partial charge in [-0.1, -0.05) is 34.1 Å². The topological polar surface area (TPSA) is 61.4 Å². The van der Waals surface area contributed by atoms with Crippen LogP contribution in [0.4, 0.5) is 4.79 Å². The molecule has 3 N–H and O–H groups in total. The summed E-state index contributed by atoms with van der Waals surface area (Å²) in [6.45, 7) is 9.63. The molecule has 20 heavy (non-hydrogen) atoms. The monoisotopic (exact) mass is 284 g/mol. The fourth-order valence-corrected chi connectivity index (χ4v) is 3.19. The average Bonchev–Trinajstić information content (AvgIpc) is 2.65. The molecule has 2 amide bonds. The van der Waals surface area contributed by atoms with E-state index < -0.39 is 0 Å². The van der Waals surface area contributed by atoms with Gasteiger partial charge in [0, 0.05) is 19.2 Å². The number of amides is 2. The van der Waals surface area contributed by atoms with Crippen LogP contribution in [0.3, 0.4) is 0 Å². The molecule has 1 aliphatic carbocycles. The number of carbonyl (C=O) groups is 1. The second-order valence-electron chi connectivity index (χ2n) is 7.30. The Morgan fingerprint density at radius 1 is 1.40 bits per heavy atom. The van der Waals surface area contributed by atoms with E-state index in [1.54, 1.807) is 0 Å². The molecule has 4 nitrogen and oxygen atoms in total. The molecule has 118 valence electrons. The Morgan fingerprint density at radius 3 is 2.60 bits per heavy atom. The van der Waals surface area contributed by atoms with Gasteiger partial charge in [-0.3, -0.25) is 0 Å². The van der Waals surface area contributed by atoms with E-state index in [0.29, 0.717) is 18.4 Å². The SMILES string of the molecule is CC(C)CC(CCO)CNC(=O)NC1CCCC1(C)C. The third-order valence-corrected chi connectivity index (χ3v) is 4.46. The Hall–Kier alpha value is -0.770. The molecule has 0 saturated heterocycles. The molecule has 0 aromatic carbocycles.